The smallest absolute Gasteiger partial charge is 0.346 e. The zero-order chi connectivity index (χ0) is 22.9. The Labute approximate surface area is 189 Å². The Bertz CT molecular complexity index is 773. The van der Waals surface area contributed by atoms with Crippen molar-refractivity contribution in [2.24, 2.45) is 0 Å². The van der Waals surface area contributed by atoms with E-state index >= 15 is 4.39 Å². The highest BCUT2D eigenvalue weighted by Crippen LogP contribution is 2.58. The van der Waals surface area contributed by atoms with E-state index in [4.69, 9.17) is 18.3 Å². The Balaban J connectivity index is 1.51. The molecule has 31 heavy (non-hydrogen) atoms. The van der Waals surface area contributed by atoms with Gasteiger partial charge in [-0.3, -0.25) is 28.1 Å². The highest BCUT2D eigenvalue weighted by atomic mass is 33.1. The highest BCUT2D eigenvalue weighted by Gasteiger charge is 2.62. The second kappa shape index (κ2) is 9.83. The first-order valence-electron chi connectivity index (χ1n) is 10.2. The predicted octanol–water partition coefficient (Wildman–Crippen LogP) is 4.25. The van der Waals surface area contributed by atoms with E-state index < -0.39 is 37.8 Å². The number of fused-ring (bicyclic) bond motifs is 1. The van der Waals surface area contributed by atoms with E-state index in [0.717, 1.165) is 17.1 Å². The molecule has 0 saturated carbocycles. The van der Waals surface area contributed by atoms with Gasteiger partial charge in [0.2, 0.25) is 5.91 Å². The van der Waals surface area contributed by atoms with Crippen LogP contribution in [-0.2, 0) is 32.5 Å². The Morgan fingerprint density at radius 2 is 2.10 bits per heavy atom. The molecule has 0 aromatic carbocycles. The number of phosphoric ester groups is 1. The van der Waals surface area contributed by atoms with E-state index in [-0.39, 0.29) is 30.2 Å². The molecule has 3 rings (SSSR count). The molecule has 0 N–H and O–H groups in total. The van der Waals surface area contributed by atoms with Crippen molar-refractivity contribution in [3.8, 4) is 0 Å². The number of phosphoric acid groups is 1. The quantitative estimate of drug-likeness (QED) is 0.211. The number of rotatable bonds is 8. The fourth-order valence-electron chi connectivity index (χ4n) is 3.32. The van der Waals surface area contributed by atoms with Crippen LogP contribution >= 0.6 is 29.4 Å². The highest BCUT2D eigenvalue weighted by molar-refractivity contribution is 8.77. The van der Waals surface area contributed by atoms with Gasteiger partial charge >= 0.3 is 7.82 Å². The van der Waals surface area contributed by atoms with Gasteiger partial charge < -0.3 is 4.74 Å². The Morgan fingerprint density at radius 1 is 1.35 bits per heavy atom. The second-order valence-electron chi connectivity index (χ2n) is 8.76. The summed E-state index contributed by atoms with van der Waals surface area (Å²) in [5, 5.41) is 0. The molecule has 0 spiro atoms. The molecular weight excluding hydrogens is 468 g/mol. The average molecular weight is 498 g/mol. The van der Waals surface area contributed by atoms with E-state index in [1.54, 1.807) is 21.6 Å². The van der Waals surface area contributed by atoms with Gasteiger partial charge in [0.25, 0.3) is 0 Å². The van der Waals surface area contributed by atoms with Crippen LogP contribution in [0.3, 0.4) is 0 Å². The van der Waals surface area contributed by atoms with Gasteiger partial charge in [0.05, 0.1) is 19.6 Å². The molecule has 0 aromatic rings. The lowest BCUT2D eigenvalue weighted by molar-refractivity contribution is -0.150. The summed E-state index contributed by atoms with van der Waals surface area (Å²) in [6.07, 6.45) is 0.196. The number of carbonyl (C=O) groups excluding carboxylic acids is 2. The fraction of sp³-hybridized carbons (Fsp3) is 0.789. The second-order valence-corrected chi connectivity index (χ2v) is 13.6. The molecule has 3 aliphatic rings. The van der Waals surface area contributed by atoms with Gasteiger partial charge in [-0.15, -0.1) is 0 Å². The molecule has 8 nitrogen and oxygen atoms in total. The standard InChI is InChI=1S/C19H29FNO7PS2/c1-18(2,3)31-30-10-6-5-9-25-29(24)26-12-14-16(28-29)19(4,20)17(27-14)21-8-7-13(22)11-15(21)23/h7-8,14,16-17H,5-6,9-12H2,1-4H3/t14-,16-,17-,19-,29?/m1/s1. The van der Waals surface area contributed by atoms with Crippen LogP contribution < -0.4 is 0 Å². The normalized spacial score (nSPS) is 36.2. The van der Waals surface area contributed by atoms with Gasteiger partial charge in [-0.05, 0) is 25.8 Å². The number of hydrogen-bond donors (Lipinski definition) is 0. The lowest BCUT2D eigenvalue weighted by Gasteiger charge is -2.35. The molecule has 1 unspecified atom stereocenters. The zero-order valence-electron chi connectivity index (χ0n) is 18.1. The van der Waals surface area contributed by atoms with Gasteiger partial charge in [-0.2, -0.15) is 0 Å². The van der Waals surface area contributed by atoms with Crippen molar-refractivity contribution in [1.29, 1.82) is 0 Å². The first-order valence-corrected chi connectivity index (χ1v) is 13.9. The van der Waals surface area contributed by atoms with Crippen molar-refractivity contribution < 1.29 is 36.9 Å². The molecule has 3 heterocycles. The van der Waals surface area contributed by atoms with Crippen LogP contribution in [0.1, 0.15) is 47.0 Å². The molecule has 176 valence electrons. The third-order valence-corrected chi connectivity index (χ3v) is 9.66. The maximum Gasteiger partial charge on any atom is 0.475 e. The molecule has 0 radical (unpaired) electrons. The van der Waals surface area contributed by atoms with Gasteiger partial charge in [0.1, 0.15) is 12.2 Å². The number of halogens is 1. The number of ether oxygens (including phenoxy) is 1. The van der Waals surface area contributed by atoms with E-state index in [2.05, 4.69) is 20.8 Å². The van der Waals surface area contributed by atoms with Crippen LogP contribution in [0.4, 0.5) is 4.39 Å². The zero-order valence-corrected chi connectivity index (χ0v) is 20.6. The minimum Gasteiger partial charge on any atom is -0.346 e. The van der Waals surface area contributed by atoms with Crippen molar-refractivity contribution in [2.75, 3.05) is 19.0 Å². The molecule has 5 atom stereocenters. The van der Waals surface area contributed by atoms with Crippen LogP contribution in [0.2, 0.25) is 0 Å². The Hall–Kier alpha value is -0.420. The summed E-state index contributed by atoms with van der Waals surface area (Å²) in [6, 6.07) is 0. The number of carbonyl (C=O) groups is 2. The van der Waals surface area contributed by atoms with E-state index in [1.165, 1.54) is 19.2 Å². The molecule has 0 aliphatic carbocycles. The molecular formula is C19H29FNO7PS2. The molecule has 2 saturated heterocycles. The minimum atomic E-state index is -3.94. The number of unbranched alkanes of at least 4 members (excludes halogenated alkanes) is 1. The first-order chi connectivity index (χ1) is 14.4. The summed E-state index contributed by atoms with van der Waals surface area (Å²) in [5.41, 5.74) is -2.17. The molecule has 1 amide bonds. The van der Waals surface area contributed by atoms with Crippen molar-refractivity contribution in [1.82, 2.24) is 4.90 Å². The van der Waals surface area contributed by atoms with Crippen molar-refractivity contribution >= 4 is 41.1 Å². The number of hydrogen-bond acceptors (Lipinski definition) is 9. The SMILES string of the molecule is CC(C)(C)SSCCCCOP1(=O)OC[C@H]2O[C@@H](N3C=CC(=O)CC3=O)[C@](C)(F)[C@@H]2O1. The van der Waals surface area contributed by atoms with Gasteiger partial charge in [-0.1, -0.05) is 42.4 Å². The van der Waals surface area contributed by atoms with Gasteiger partial charge in [0.15, 0.2) is 17.7 Å². The number of ketones is 1. The van der Waals surface area contributed by atoms with E-state index in [1.807, 2.05) is 0 Å². The predicted molar refractivity (Wildman–Crippen MR) is 117 cm³/mol. The summed E-state index contributed by atoms with van der Waals surface area (Å²) < 4.78 is 50.4. The summed E-state index contributed by atoms with van der Waals surface area (Å²) in [7, 11) is -0.363. The number of nitrogens with zero attached hydrogens (tertiary/aromatic N) is 1. The van der Waals surface area contributed by atoms with Crippen LogP contribution in [0.25, 0.3) is 0 Å². The lowest BCUT2D eigenvalue weighted by atomic mass is 9.97. The van der Waals surface area contributed by atoms with Gasteiger partial charge in [-0.25, -0.2) is 8.96 Å². The molecule has 3 aliphatic heterocycles. The average Bonchev–Trinajstić information content (AvgIpc) is 2.90. The monoisotopic (exact) mass is 497 g/mol. The van der Waals surface area contributed by atoms with E-state index in [0.29, 0.717) is 6.42 Å². The van der Waals surface area contributed by atoms with Crippen molar-refractivity contribution in [2.45, 2.75) is 75.8 Å². The van der Waals surface area contributed by atoms with E-state index in [9.17, 15) is 14.2 Å². The maximum atomic E-state index is 15.6. The fourth-order valence-corrected chi connectivity index (χ4v) is 7.25. The van der Waals surface area contributed by atoms with Crippen LogP contribution in [0.5, 0.6) is 0 Å². The van der Waals surface area contributed by atoms with Gasteiger partial charge in [0, 0.05) is 16.7 Å². The number of amides is 1. The summed E-state index contributed by atoms with van der Waals surface area (Å²) >= 11 is 0. The van der Waals surface area contributed by atoms with Crippen LogP contribution in [0, 0.1) is 0 Å². The first kappa shape index (κ1) is 25.2. The van der Waals surface area contributed by atoms with Crippen molar-refractivity contribution in [3.63, 3.8) is 0 Å². The summed E-state index contributed by atoms with van der Waals surface area (Å²) in [6.45, 7) is 7.66. The molecule has 12 heteroatoms. The summed E-state index contributed by atoms with van der Waals surface area (Å²) in [4.78, 5) is 24.6. The Kier molecular flexibility index (Phi) is 7.99. The van der Waals surface area contributed by atoms with Crippen LogP contribution in [-0.4, -0.2) is 64.4 Å². The topological polar surface area (TPSA) is 91.4 Å². The maximum absolute atomic E-state index is 15.6. The largest absolute Gasteiger partial charge is 0.475 e. The molecule has 0 aromatic heterocycles. The summed E-state index contributed by atoms with van der Waals surface area (Å²) in [5.74, 6) is 0.00735. The molecule has 0 bridgehead atoms. The van der Waals surface area contributed by atoms with Crippen LogP contribution in [0.15, 0.2) is 12.3 Å². The lowest BCUT2D eigenvalue weighted by Crippen LogP contribution is -2.52. The minimum absolute atomic E-state index is 0.165. The Morgan fingerprint density at radius 3 is 2.77 bits per heavy atom. The third-order valence-electron chi connectivity index (χ3n) is 4.79. The third kappa shape index (κ3) is 6.34. The number of alkyl halides is 1. The molecule has 2 fully saturated rings. The number of allylic oxidation sites excluding steroid dienone is 1. The van der Waals surface area contributed by atoms with Crippen molar-refractivity contribution in [3.05, 3.63) is 12.3 Å².